The summed E-state index contributed by atoms with van der Waals surface area (Å²) in [7, 11) is 0. The lowest BCUT2D eigenvalue weighted by molar-refractivity contribution is -0.144. The zero-order chi connectivity index (χ0) is 14.8. The number of aliphatic hydroxyl groups is 1. The van der Waals surface area contributed by atoms with E-state index in [1.54, 1.807) is 0 Å². The van der Waals surface area contributed by atoms with E-state index >= 15 is 0 Å². The quantitative estimate of drug-likeness (QED) is 0.884. The lowest BCUT2D eigenvalue weighted by atomic mass is 9.89. The Kier molecular flexibility index (Phi) is 4.45. The molecule has 20 heavy (non-hydrogen) atoms. The van der Waals surface area contributed by atoms with Crippen LogP contribution in [0.1, 0.15) is 32.3 Å². The highest BCUT2D eigenvalue weighted by Gasteiger charge is 2.34. The Balaban J connectivity index is 2.02. The van der Waals surface area contributed by atoms with Crippen molar-refractivity contribution in [1.29, 1.82) is 0 Å². The fraction of sp³-hybridized carbons (Fsp3) is 0.562. The summed E-state index contributed by atoms with van der Waals surface area (Å²) >= 11 is 0. The van der Waals surface area contributed by atoms with Crippen LogP contribution < -0.4 is 0 Å². The maximum absolute atomic E-state index is 11.0. The van der Waals surface area contributed by atoms with E-state index in [1.807, 2.05) is 44.2 Å². The van der Waals surface area contributed by atoms with Crippen LogP contribution in [0, 0.1) is 5.92 Å². The maximum atomic E-state index is 11.0. The molecule has 4 nitrogen and oxygen atoms in total. The van der Waals surface area contributed by atoms with E-state index < -0.39 is 11.6 Å². The Morgan fingerprint density at radius 2 is 2.05 bits per heavy atom. The van der Waals surface area contributed by atoms with Crippen LogP contribution in [0.15, 0.2) is 30.3 Å². The number of carboxylic acids is 1. The number of hydrogen-bond donors (Lipinski definition) is 2. The molecule has 1 saturated heterocycles. The zero-order valence-electron chi connectivity index (χ0n) is 12.1. The van der Waals surface area contributed by atoms with Crippen molar-refractivity contribution < 1.29 is 15.0 Å². The molecule has 1 fully saturated rings. The number of likely N-dealkylation sites (tertiary alicyclic amines) is 1. The van der Waals surface area contributed by atoms with Gasteiger partial charge in [-0.15, -0.1) is 0 Å². The van der Waals surface area contributed by atoms with Gasteiger partial charge in [0.05, 0.1) is 11.5 Å². The standard InChI is InChI=1S/C16H23NO3/c1-12-10-13(15(18)19)8-9-17(12)11-16(2,20)14-6-4-3-5-7-14/h3-7,12-13,20H,8-11H2,1-2H3,(H,18,19). The third kappa shape index (κ3) is 3.38. The van der Waals surface area contributed by atoms with E-state index in [-0.39, 0.29) is 12.0 Å². The minimum Gasteiger partial charge on any atom is -0.481 e. The van der Waals surface area contributed by atoms with E-state index in [0.717, 1.165) is 12.1 Å². The first kappa shape index (κ1) is 15.0. The number of hydrogen-bond acceptors (Lipinski definition) is 3. The molecule has 110 valence electrons. The molecule has 1 aliphatic heterocycles. The number of carboxylic acid groups (broad SMARTS) is 1. The number of piperidine rings is 1. The number of carbonyl (C=O) groups is 1. The van der Waals surface area contributed by atoms with Crippen LogP contribution in [-0.2, 0) is 10.4 Å². The fourth-order valence-electron chi connectivity index (χ4n) is 2.96. The van der Waals surface area contributed by atoms with Gasteiger partial charge in [-0.25, -0.2) is 0 Å². The van der Waals surface area contributed by atoms with Crippen molar-refractivity contribution in [3.8, 4) is 0 Å². The second-order valence-corrected chi connectivity index (χ2v) is 6.02. The normalized spacial score (nSPS) is 26.9. The van der Waals surface area contributed by atoms with Crippen LogP contribution in [0.5, 0.6) is 0 Å². The maximum Gasteiger partial charge on any atom is 0.306 e. The molecular formula is C16H23NO3. The van der Waals surface area contributed by atoms with Crippen molar-refractivity contribution in [2.75, 3.05) is 13.1 Å². The Morgan fingerprint density at radius 1 is 1.40 bits per heavy atom. The Bertz CT molecular complexity index is 458. The highest BCUT2D eigenvalue weighted by atomic mass is 16.4. The third-order valence-electron chi connectivity index (χ3n) is 4.27. The molecule has 2 rings (SSSR count). The number of rotatable bonds is 4. The minimum absolute atomic E-state index is 0.181. The molecule has 4 heteroatoms. The topological polar surface area (TPSA) is 60.8 Å². The van der Waals surface area contributed by atoms with Gasteiger partial charge in [0.15, 0.2) is 0 Å². The number of β-amino-alcohol motifs (C(OH)–C–C–N with tert-alkyl or cyclic N) is 1. The molecule has 0 radical (unpaired) electrons. The SMILES string of the molecule is CC1CC(C(=O)O)CCN1CC(C)(O)c1ccccc1. The molecule has 0 aromatic heterocycles. The molecule has 0 spiro atoms. The van der Waals surface area contributed by atoms with Crippen LogP contribution in [-0.4, -0.2) is 40.2 Å². The molecule has 1 aromatic carbocycles. The second-order valence-electron chi connectivity index (χ2n) is 6.02. The van der Waals surface area contributed by atoms with E-state index in [1.165, 1.54) is 0 Å². The zero-order valence-corrected chi connectivity index (χ0v) is 12.1. The predicted molar refractivity (Wildman–Crippen MR) is 77.4 cm³/mol. The van der Waals surface area contributed by atoms with Crippen LogP contribution in [0.25, 0.3) is 0 Å². The monoisotopic (exact) mass is 277 g/mol. The van der Waals surface area contributed by atoms with E-state index in [2.05, 4.69) is 4.90 Å². The van der Waals surface area contributed by atoms with Gasteiger partial charge in [0.25, 0.3) is 0 Å². The van der Waals surface area contributed by atoms with E-state index in [9.17, 15) is 9.90 Å². The average molecular weight is 277 g/mol. The molecule has 0 amide bonds. The Hall–Kier alpha value is -1.39. The minimum atomic E-state index is -0.911. The second kappa shape index (κ2) is 5.94. The van der Waals surface area contributed by atoms with Crippen molar-refractivity contribution >= 4 is 5.97 Å². The van der Waals surface area contributed by atoms with Crippen molar-refractivity contribution in [3.63, 3.8) is 0 Å². The first-order valence-corrected chi connectivity index (χ1v) is 7.15. The summed E-state index contributed by atoms with van der Waals surface area (Å²) in [6, 6.07) is 9.80. The van der Waals surface area contributed by atoms with Crippen LogP contribution in [0.2, 0.25) is 0 Å². The molecule has 0 bridgehead atoms. The number of aliphatic carboxylic acids is 1. The molecule has 1 heterocycles. The van der Waals surface area contributed by atoms with Gasteiger partial charge >= 0.3 is 5.97 Å². The highest BCUT2D eigenvalue weighted by Crippen LogP contribution is 2.28. The predicted octanol–water partition coefficient (Wildman–Crippen LogP) is 2.08. The number of nitrogens with zero attached hydrogens (tertiary/aromatic N) is 1. The Morgan fingerprint density at radius 3 is 2.60 bits per heavy atom. The van der Waals surface area contributed by atoms with Gasteiger partial charge in [0.2, 0.25) is 0 Å². The van der Waals surface area contributed by atoms with Gasteiger partial charge in [0, 0.05) is 12.6 Å². The Labute approximate surface area is 120 Å². The van der Waals surface area contributed by atoms with E-state index in [4.69, 9.17) is 5.11 Å². The van der Waals surface area contributed by atoms with Crippen molar-refractivity contribution in [3.05, 3.63) is 35.9 Å². The summed E-state index contributed by atoms with van der Waals surface area (Å²) in [5.74, 6) is -0.950. The van der Waals surface area contributed by atoms with Gasteiger partial charge < -0.3 is 10.2 Å². The molecule has 3 atom stereocenters. The highest BCUT2D eigenvalue weighted by molar-refractivity contribution is 5.70. The largest absolute Gasteiger partial charge is 0.481 e. The van der Waals surface area contributed by atoms with E-state index in [0.29, 0.717) is 19.4 Å². The van der Waals surface area contributed by atoms with Crippen molar-refractivity contribution in [2.45, 2.75) is 38.3 Å². The van der Waals surface area contributed by atoms with Gasteiger partial charge in [-0.1, -0.05) is 30.3 Å². The molecule has 1 aliphatic rings. The first-order valence-electron chi connectivity index (χ1n) is 7.15. The van der Waals surface area contributed by atoms with Gasteiger partial charge in [0.1, 0.15) is 0 Å². The molecular weight excluding hydrogens is 254 g/mol. The van der Waals surface area contributed by atoms with Crippen molar-refractivity contribution in [1.82, 2.24) is 4.90 Å². The summed E-state index contributed by atoms with van der Waals surface area (Å²) in [6.45, 7) is 5.11. The summed E-state index contributed by atoms with van der Waals surface area (Å²) in [4.78, 5) is 13.2. The molecule has 2 N–H and O–H groups in total. The van der Waals surface area contributed by atoms with Gasteiger partial charge in [-0.3, -0.25) is 9.69 Å². The molecule has 0 saturated carbocycles. The molecule has 3 unspecified atom stereocenters. The summed E-state index contributed by atoms with van der Waals surface area (Å²) in [5, 5.41) is 19.8. The summed E-state index contributed by atoms with van der Waals surface area (Å²) in [6.07, 6.45) is 1.31. The van der Waals surface area contributed by atoms with Crippen molar-refractivity contribution in [2.24, 2.45) is 5.92 Å². The first-order chi connectivity index (χ1) is 9.40. The van der Waals surface area contributed by atoms with Crippen LogP contribution in [0.3, 0.4) is 0 Å². The molecule has 0 aliphatic carbocycles. The summed E-state index contributed by atoms with van der Waals surface area (Å²) < 4.78 is 0. The van der Waals surface area contributed by atoms with Crippen LogP contribution in [0.4, 0.5) is 0 Å². The smallest absolute Gasteiger partial charge is 0.306 e. The lowest BCUT2D eigenvalue weighted by Crippen LogP contribution is -2.48. The number of benzene rings is 1. The summed E-state index contributed by atoms with van der Waals surface area (Å²) in [5.41, 5.74) is -0.0152. The van der Waals surface area contributed by atoms with Crippen LogP contribution >= 0.6 is 0 Å². The fourth-order valence-corrected chi connectivity index (χ4v) is 2.96. The lowest BCUT2D eigenvalue weighted by Gasteiger charge is -2.40. The molecule has 1 aromatic rings. The van der Waals surface area contributed by atoms with Gasteiger partial charge in [-0.05, 0) is 38.8 Å². The average Bonchev–Trinajstić information content (AvgIpc) is 2.41. The third-order valence-corrected chi connectivity index (χ3v) is 4.27. The van der Waals surface area contributed by atoms with Gasteiger partial charge in [-0.2, -0.15) is 0 Å².